The molecule has 0 saturated carbocycles. The zero-order valence-corrected chi connectivity index (χ0v) is 15.0. The lowest BCUT2D eigenvalue weighted by atomic mass is 10.0. The molecule has 4 aromatic rings. The van der Waals surface area contributed by atoms with E-state index in [1.54, 1.807) is 24.4 Å². The van der Waals surface area contributed by atoms with E-state index in [4.69, 9.17) is 0 Å². The second-order valence-electron chi connectivity index (χ2n) is 6.36. The van der Waals surface area contributed by atoms with Crippen LogP contribution in [-0.2, 0) is 11.3 Å². The van der Waals surface area contributed by atoms with E-state index in [2.05, 4.69) is 15.3 Å². The van der Waals surface area contributed by atoms with Crippen molar-refractivity contribution >= 4 is 16.8 Å². The zero-order chi connectivity index (χ0) is 19.3. The van der Waals surface area contributed by atoms with E-state index in [0.717, 1.165) is 11.3 Å². The molecule has 28 heavy (non-hydrogen) atoms. The Morgan fingerprint density at radius 2 is 1.68 bits per heavy atom. The highest BCUT2D eigenvalue weighted by Crippen LogP contribution is 2.19. The highest BCUT2D eigenvalue weighted by Gasteiger charge is 2.18. The van der Waals surface area contributed by atoms with Gasteiger partial charge in [0.1, 0.15) is 6.54 Å². The van der Waals surface area contributed by atoms with Gasteiger partial charge in [-0.25, -0.2) is 4.98 Å². The fourth-order valence-electron chi connectivity index (χ4n) is 3.10. The largest absolute Gasteiger partial charge is 0.342 e. The van der Waals surface area contributed by atoms with E-state index in [0.29, 0.717) is 10.9 Å². The third-order valence-electron chi connectivity index (χ3n) is 4.47. The molecule has 0 bridgehead atoms. The first-order valence-corrected chi connectivity index (χ1v) is 8.92. The number of nitrogens with zero attached hydrogens (tertiary/aromatic N) is 3. The van der Waals surface area contributed by atoms with Gasteiger partial charge in [-0.2, -0.15) is 0 Å². The van der Waals surface area contributed by atoms with Crippen LogP contribution in [0, 0.1) is 0 Å². The van der Waals surface area contributed by atoms with Gasteiger partial charge in [-0.3, -0.25) is 19.1 Å². The van der Waals surface area contributed by atoms with Crippen LogP contribution in [0.15, 0.2) is 90.1 Å². The Labute approximate surface area is 161 Å². The maximum Gasteiger partial charge on any atom is 0.261 e. The molecule has 0 fully saturated rings. The van der Waals surface area contributed by atoms with Crippen LogP contribution in [0.25, 0.3) is 10.9 Å². The van der Waals surface area contributed by atoms with Crippen LogP contribution in [0.1, 0.15) is 17.3 Å². The summed E-state index contributed by atoms with van der Waals surface area (Å²) in [6, 6.07) is 21.9. The standard InChI is InChI=1S/C22H18N4O2/c27-20(14-26-15-24-18-11-5-4-10-17(18)22(26)28)25-21(16-8-2-1-3-9-16)19-12-6-7-13-23-19/h1-13,15,21H,14H2,(H,25,27)/t21-/m0/s1. The second-order valence-corrected chi connectivity index (χ2v) is 6.36. The molecule has 2 aromatic heterocycles. The minimum atomic E-state index is -0.404. The Morgan fingerprint density at radius 1 is 0.929 bits per heavy atom. The lowest BCUT2D eigenvalue weighted by molar-refractivity contribution is -0.122. The maximum absolute atomic E-state index is 12.7. The second kappa shape index (κ2) is 7.84. The molecule has 2 heterocycles. The fourth-order valence-corrected chi connectivity index (χ4v) is 3.10. The van der Waals surface area contributed by atoms with Gasteiger partial charge in [0, 0.05) is 6.20 Å². The van der Waals surface area contributed by atoms with Gasteiger partial charge in [0.25, 0.3) is 5.56 Å². The van der Waals surface area contributed by atoms with Crippen LogP contribution in [0.5, 0.6) is 0 Å². The van der Waals surface area contributed by atoms with Gasteiger partial charge in [-0.05, 0) is 29.8 Å². The predicted octanol–water partition coefficient (Wildman–Crippen LogP) is 2.70. The molecule has 6 nitrogen and oxygen atoms in total. The van der Waals surface area contributed by atoms with Crippen LogP contribution < -0.4 is 10.9 Å². The number of carbonyl (C=O) groups is 1. The van der Waals surface area contributed by atoms with Crippen molar-refractivity contribution in [3.8, 4) is 0 Å². The quantitative estimate of drug-likeness (QED) is 0.586. The molecule has 0 aliphatic carbocycles. The minimum Gasteiger partial charge on any atom is -0.342 e. The molecule has 4 rings (SSSR count). The van der Waals surface area contributed by atoms with Crippen molar-refractivity contribution in [1.82, 2.24) is 19.9 Å². The number of hydrogen-bond acceptors (Lipinski definition) is 4. The van der Waals surface area contributed by atoms with Crippen molar-refractivity contribution in [1.29, 1.82) is 0 Å². The van der Waals surface area contributed by atoms with Crippen molar-refractivity contribution in [3.63, 3.8) is 0 Å². The lowest BCUT2D eigenvalue weighted by Gasteiger charge is -2.19. The van der Waals surface area contributed by atoms with Crippen molar-refractivity contribution in [2.75, 3.05) is 0 Å². The molecule has 0 aliphatic heterocycles. The minimum absolute atomic E-state index is 0.118. The summed E-state index contributed by atoms with van der Waals surface area (Å²) in [5, 5.41) is 3.47. The monoisotopic (exact) mass is 370 g/mol. The number of rotatable bonds is 5. The Morgan fingerprint density at radius 3 is 2.46 bits per heavy atom. The number of nitrogens with one attached hydrogen (secondary N) is 1. The van der Waals surface area contributed by atoms with Gasteiger partial charge in [-0.15, -0.1) is 0 Å². The molecular weight excluding hydrogens is 352 g/mol. The zero-order valence-electron chi connectivity index (χ0n) is 15.0. The first-order valence-electron chi connectivity index (χ1n) is 8.92. The Balaban J connectivity index is 1.60. The summed E-state index contributed by atoms with van der Waals surface area (Å²) >= 11 is 0. The molecule has 1 N–H and O–H groups in total. The molecule has 1 atom stereocenters. The molecule has 0 saturated heterocycles. The van der Waals surface area contributed by atoms with Crippen LogP contribution in [0.4, 0.5) is 0 Å². The average molecular weight is 370 g/mol. The molecular formula is C22H18N4O2. The highest BCUT2D eigenvalue weighted by atomic mass is 16.2. The van der Waals surface area contributed by atoms with Crippen molar-refractivity contribution in [3.05, 3.63) is 107 Å². The summed E-state index contributed by atoms with van der Waals surface area (Å²) in [5.41, 5.74) is 2.01. The topological polar surface area (TPSA) is 76.9 Å². The number of pyridine rings is 1. The SMILES string of the molecule is O=C(Cn1cnc2ccccc2c1=O)N[C@@H](c1ccccc1)c1ccccn1. The van der Waals surface area contributed by atoms with Crippen molar-refractivity contribution < 1.29 is 4.79 Å². The van der Waals surface area contributed by atoms with E-state index in [-0.39, 0.29) is 18.0 Å². The van der Waals surface area contributed by atoms with Gasteiger partial charge < -0.3 is 5.32 Å². The molecule has 6 heteroatoms. The van der Waals surface area contributed by atoms with E-state index >= 15 is 0 Å². The number of carbonyl (C=O) groups excluding carboxylic acids is 1. The smallest absolute Gasteiger partial charge is 0.261 e. The Bertz CT molecular complexity index is 1120. The Kier molecular flexibility index (Phi) is 4.93. The van der Waals surface area contributed by atoms with Crippen LogP contribution in [-0.4, -0.2) is 20.4 Å². The molecule has 0 aliphatic rings. The summed E-state index contributed by atoms with van der Waals surface area (Å²) in [6.07, 6.45) is 3.09. The molecule has 2 aromatic carbocycles. The van der Waals surface area contributed by atoms with Gasteiger partial charge >= 0.3 is 0 Å². The summed E-state index contributed by atoms with van der Waals surface area (Å²) in [5.74, 6) is -0.293. The highest BCUT2D eigenvalue weighted by molar-refractivity contribution is 5.79. The summed E-state index contributed by atoms with van der Waals surface area (Å²) in [6.45, 7) is -0.118. The molecule has 1 amide bonds. The normalized spacial score (nSPS) is 11.9. The fraction of sp³-hybridized carbons (Fsp3) is 0.0909. The van der Waals surface area contributed by atoms with Crippen LogP contribution in [0.3, 0.4) is 0 Å². The predicted molar refractivity (Wildman–Crippen MR) is 107 cm³/mol. The van der Waals surface area contributed by atoms with Crippen molar-refractivity contribution in [2.45, 2.75) is 12.6 Å². The van der Waals surface area contributed by atoms with Crippen molar-refractivity contribution in [2.24, 2.45) is 0 Å². The number of amides is 1. The number of benzene rings is 2. The molecule has 0 spiro atoms. The molecule has 138 valence electrons. The first kappa shape index (κ1) is 17.6. The van der Waals surface area contributed by atoms with Gasteiger partial charge in [0.15, 0.2) is 0 Å². The van der Waals surface area contributed by atoms with Crippen LogP contribution >= 0.6 is 0 Å². The number of para-hydroxylation sites is 1. The summed E-state index contributed by atoms with van der Waals surface area (Å²) in [7, 11) is 0. The lowest BCUT2D eigenvalue weighted by Crippen LogP contribution is -2.35. The third kappa shape index (κ3) is 3.66. The van der Waals surface area contributed by atoms with Gasteiger partial charge in [-0.1, -0.05) is 48.5 Å². The summed E-state index contributed by atoms with van der Waals surface area (Å²) < 4.78 is 1.32. The van der Waals surface area contributed by atoms with E-state index in [1.807, 2.05) is 54.6 Å². The van der Waals surface area contributed by atoms with E-state index in [9.17, 15) is 9.59 Å². The molecule has 0 unspecified atom stereocenters. The van der Waals surface area contributed by atoms with Crippen LogP contribution in [0.2, 0.25) is 0 Å². The first-order chi connectivity index (χ1) is 13.7. The molecule has 0 radical (unpaired) electrons. The average Bonchev–Trinajstić information content (AvgIpc) is 2.75. The number of fused-ring (bicyclic) bond motifs is 1. The van der Waals surface area contributed by atoms with Gasteiger partial charge in [0.2, 0.25) is 5.91 Å². The van der Waals surface area contributed by atoms with E-state index in [1.165, 1.54) is 10.9 Å². The Hall–Kier alpha value is -3.80. The number of aromatic nitrogens is 3. The summed E-state index contributed by atoms with van der Waals surface area (Å²) in [4.78, 5) is 34.0. The van der Waals surface area contributed by atoms with E-state index < -0.39 is 6.04 Å². The maximum atomic E-state index is 12.7. The third-order valence-corrected chi connectivity index (χ3v) is 4.47. The number of hydrogen-bond donors (Lipinski definition) is 1. The van der Waals surface area contributed by atoms with Gasteiger partial charge in [0.05, 0.1) is 29.0 Å².